The van der Waals surface area contributed by atoms with Crippen LogP contribution in [0.2, 0.25) is 0 Å². The number of pyridine rings is 1. The van der Waals surface area contributed by atoms with Gasteiger partial charge in [0.15, 0.2) is 17.5 Å². The molecule has 45 heavy (non-hydrogen) atoms. The minimum absolute atomic E-state index is 0.598. The summed E-state index contributed by atoms with van der Waals surface area (Å²) in [7, 11) is 0. The Balaban J connectivity index is 1.21. The normalized spacial score (nSPS) is 11.6. The summed E-state index contributed by atoms with van der Waals surface area (Å²) in [6.45, 7) is 0. The Morgan fingerprint density at radius 3 is 1.98 bits per heavy atom. The Hall–Kier alpha value is -6.20. The summed E-state index contributed by atoms with van der Waals surface area (Å²) in [6, 6.07) is 45.8. The standard InChI is InChI=1S/C40H24N4O/c1-2-7-28-22-29(17-14-25(28)6-1)26-12-15-27(16-13-26)38-42-39(31-18-19-32-24-41-21-20-30(32)23-31)44-40(43-38)34-9-5-11-36-37(34)33-8-3-4-10-35(33)45-36/h1-24H. The van der Waals surface area contributed by atoms with Gasteiger partial charge < -0.3 is 4.42 Å². The molecule has 5 nitrogen and oxygen atoms in total. The van der Waals surface area contributed by atoms with Crippen LogP contribution in [-0.2, 0) is 0 Å². The highest BCUT2D eigenvalue weighted by Crippen LogP contribution is 2.37. The molecule has 0 atom stereocenters. The summed E-state index contributed by atoms with van der Waals surface area (Å²) < 4.78 is 6.20. The number of aromatic nitrogens is 4. The van der Waals surface area contributed by atoms with E-state index in [1.54, 1.807) is 6.20 Å². The quantitative estimate of drug-likeness (QED) is 0.209. The van der Waals surface area contributed by atoms with Crippen molar-refractivity contribution in [1.82, 2.24) is 19.9 Å². The van der Waals surface area contributed by atoms with E-state index in [0.717, 1.165) is 55.0 Å². The van der Waals surface area contributed by atoms with Crippen LogP contribution in [0.1, 0.15) is 0 Å². The van der Waals surface area contributed by atoms with E-state index in [4.69, 9.17) is 19.4 Å². The third-order valence-corrected chi connectivity index (χ3v) is 8.40. The molecule has 0 radical (unpaired) electrons. The molecule has 6 aromatic carbocycles. The van der Waals surface area contributed by atoms with Gasteiger partial charge >= 0.3 is 0 Å². The van der Waals surface area contributed by atoms with Gasteiger partial charge in [0, 0.05) is 45.2 Å². The predicted molar refractivity (Wildman–Crippen MR) is 182 cm³/mol. The molecule has 0 aliphatic rings. The molecule has 0 saturated heterocycles. The maximum absolute atomic E-state index is 6.20. The Morgan fingerprint density at radius 1 is 0.422 bits per heavy atom. The van der Waals surface area contributed by atoms with Crippen LogP contribution < -0.4 is 0 Å². The zero-order valence-corrected chi connectivity index (χ0v) is 24.1. The first-order chi connectivity index (χ1) is 22.3. The summed E-state index contributed by atoms with van der Waals surface area (Å²) in [4.78, 5) is 19.4. The second-order valence-electron chi connectivity index (χ2n) is 11.2. The van der Waals surface area contributed by atoms with Crippen molar-refractivity contribution in [1.29, 1.82) is 0 Å². The first-order valence-electron chi connectivity index (χ1n) is 14.9. The van der Waals surface area contributed by atoms with Gasteiger partial charge in [0.1, 0.15) is 11.2 Å². The lowest BCUT2D eigenvalue weighted by Crippen LogP contribution is -2.00. The SMILES string of the molecule is c1ccc2cc(-c3ccc(-c4nc(-c5ccc6cnccc6c5)nc(-c5cccc6oc7ccccc7c56)n4)cc3)ccc2c1. The van der Waals surface area contributed by atoms with Crippen LogP contribution in [0, 0.1) is 0 Å². The molecule has 0 fully saturated rings. The Bertz CT molecular complexity index is 2550. The van der Waals surface area contributed by atoms with Gasteiger partial charge in [-0.2, -0.15) is 0 Å². The molecule has 0 unspecified atom stereocenters. The first kappa shape index (κ1) is 25.3. The molecule has 3 aromatic heterocycles. The molecule has 0 bridgehead atoms. The largest absolute Gasteiger partial charge is 0.456 e. The van der Waals surface area contributed by atoms with Crippen LogP contribution in [0.25, 0.3) is 88.8 Å². The minimum Gasteiger partial charge on any atom is -0.456 e. The van der Waals surface area contributed by atoms with E-state index in [-0.39, 0.29) is 0 Å². The Kier molecular flexibility index (Phi) is 5.74. The molecule has 9 aromatic rings. The van der Waals surface area contributed by atoms with Gasteiger partial charge in [-0.3, -0.25) is 4.98 Å². The highest BCUT2D eigenvalue weighted by atomic mass is 16.3. The van der Waals surface area contributed by atoms with Gasteiger partial charge in [-0.05, 0) is 57.6 Å². The van der Waals surface area contributed by atoms with Gasteiger partial charge in [-0.25, -0.2) is 15.0 Å². The minimum atomic E-state index is 0.598. The van der Waals surface area contributed by atoms with E-state index < -0.39 is 0 Å². The molecular weight excluding hydrogens is 552 g/mol. The van der Waals surface area contributed by atoms with E-state index in [1.807, 2.05) is 48.7 Å². The second-order valence-corrected chi connectivity index (χ2v) is 11.2. The van der Waals surface area contributed by atoms with Gasteiger partial charge in [-0.15, -0.1) is 0 Å². The van der Waals surface area contributed by atoms with Crippen LogP contribution in [0.15, 0.2) is 150 Å². The summed E-state index contributed by atoms with van der Waals surface area (Å²) in [5.41, 5.74) is 6.67. The van der Waals surface area contributed by atoms with E-state index in [1.165, 1.54) is 16.3 Å². The summed E-state index contributed by atoms with van der Waals surface area (Å²) in [6.07, 6.45) is 3.67. The molecular formula is C40H24N4O. The molecule has 3 heterocycles. The van der Waals surface area contributed by atoms with Crippen LogP contribution in [0.4, 0.5) is 0 Å². The van der Waals surface area contributed by atoms with Gasteiger partial charge in [0.25, 0.3) is 0 Å². The number of fused-ring (bicyclic) bond motifs is 5. The highest BCUT2D eigenvalue weighted by Gasteiger charge is 2.18. The fourth-order valence-electron chi connectivity index (χ4n) is 6.12. The smallest absolute Gasteiger partial charge is 0.164 e. The second kappa shape index (κ2) is 10.2. The summed E-state index contributed by atoms with van der Waals surface area (Å²) in [5.74, 6) is 1.82. The fraction of sp³-hybridized carbons (Fsp3) is 0. The van der Waals surface area contributed by atoms with Crippen molar-refractivity contribution >= 4 is 43.5 Å². The van der Waals surface area contributed by atoms with Crippen molar-refractivity contribution in [2.45, 2.75) is 0 Å². The number of hydrogen-bond donors (Lipinski definition) is 0. The summed E-state index contributed by atoms with van der Waals surface area (Å²) in [5, 5.41) is 6.62. The first-order valence-corrected chi connectivity index (χ1v) is 14.9. The average Bonchev–Trinajstić information content (AvgIpc) is 3.50. The monoisotopic (exact) mass is 576 g/mol. The molecule has 5 heteroatoms. The van der Waals surface area contributed by atoms with E-state index in [0.29, 0.717) is 17.5 Å². The molecule has 0 aliphatic carbocycles. The van der Waals surface area contributed by atoms with E-state index >= 15 is 0 Å². The zero-order chi connectivity index (χ0) is 29.7. The zero-order valence-electron chi connectivity index (χ0n) is 24.1. The molecule has 9 rings (SSSR count). The topological polar surface area (TPSA) is 64.7 Å². The van der Waals surface area contributed by atoms with Crippen molar-refractivity contribution in [3.63, 3.8) is 0 Å². The van der Waals surface area contributed by atoms with Crippen molar-refractivity contribution in [3.8, 4) is 45.3 Å². The summed E-state index contributed by atoms with van der Waals surface area (Å²) >= 11 is 0. The molecule has 0 aliphatic heterocycles. The number of para-hydroxylation sites is 1. The molecule has 0 spiro atoms. The molecule has 0 N–H and O–H groups in total. The van der Waals surface area contributed by atoms with Gasteiger partial charge in [0.05, 0.1) is 0 Å². The third kappa shape index (κ3) is 4.41. The predicted octanol–water partition coefficient (Wildman–Crippen LogP) is 10.1. The lowest BCUT2D eigenvalue weighted by Gasteiger charge is -2.10. The van der Waals surface area contributed by atoms with Gasteiger partial charge in [-0.1, -0.05) is 103 Å². The lowest BCUT2D eigenvalue weighted by atomic mass is 10.00. The van der Waals surface area contributed by atoms with Crippen molar-refractivity contribution in [2.24, 2.45) is 0 Å². The number of rotatable bonds is 4. The third-order valence-electron chi connectivity index (χ3n) is 8.40. The molecule has 0 saturated carbocycles. The van der Waals surface area contributed by atoms with Crippen molar-refractivity contribution in [2.75, 3.05) is 0 Å². The highest BCUT2D eigenvalue weighted by molar-refractivity contribution is 6.11. The lowest BCUT2D eigenvalue weighted by molar-refractivity contribution is 0.669. The van der Waals surface area contributed by atoms with E-state index in [2.05, 4.69) is 96.0 Å². The number of hydrogen-bond acceptors (Lipinski definition) is 5. The number of benzene rings is 6. The van der Waals surface area contributed by atoms with Crippen LogP contribution in [0.3, 0.4) is 0 Å². The van der Waals surface area contributed by atoms with E-state index in [9.17, 15) is 0 Å². The number of nitrogens with zero attached hydrogens (tertiary/aromatic N) is 4. The maximum Gasteiger partial charge on any atom is 0.164 e. The average molecular weight is 577 g/mol. The Labute approximate surface area is 258 Å². The van der Waals surface area contributed by atoms with Crippen LogP contribution >= 0.6 is 0 Å². The van der Waals surface area contributed by atoms with Crippen molar-refractivity contribution in [3.05, 3.63) is 146 Å². The van der Waals surface area contributed by atoms with Crippen molar-refractivity contribution < 1.29 is 4.42 Å². The fourth-order valence-corrected chi connectivity index (χ4v) is 6.12. The van der Waals surface area contributed by atoms with Crippen LogP contribution in [0.5, 0.6) is 0 Å². The van der Waals surface area contributed by atoms with Gasteiger partial charge in [0.2, 0.25) is 0 Å². The number of furan rings is 1. The maximum atomic E-state index is 6.20. The van der Waals surface area contributed by atoms with Crippen LogP contribution in [-0.4, -0.2) is 19.9 Å². The molecule has 210 valence electrons. The molecule has 0 amide bonds. The Morgan fingerprint density at radius 2 is 1.07 bits per heavy atom.